The summed E-state index contributed by atoms with van der Waals surface area (Å²) in [5.41, 5.74) is 0. The fourth-order valence-electron chi connectivity index (χ4n) is 1.20. The summed E-state index contributed by atoms with van der Waals surface area (Å²) in [4.78, 5) is 0. The minimum absolute atomic E-state index is 0.232. The number of hydrogen-bond acceptors (Lipinski definition) is 2. The van der Waals surface area contributed by atoms with Gasteiger partial charge >= 0.3 is 0 Å². The molecule has 0 atom stereocenters. The van der Waals surface area contributed by atoms with Gasteiger partial charge in [-0.1, -0.05) is 23.7 Å². The summed E-state index contributed by atoms with van der Waals surface area (Å²) in [7, 11) is 0. The minimum atomic E-state index is 0.232. The van der Waals surface area contributed by atoms with Crippen LogP contribution in [0.15, 0.2) is 0 Å². The van der Waals surface area contributed by atoms with Crippen molar-refractivity contribution in [2.75, 3.05) is 13.2 Å². The first-order chi connectivity index (χ1) is 9.91. The summed E-state index contributed by atoms with van der Waals surface area (Å²) in [5, 5.41) is 17.1. The van der Waals surface area contributed by atoms with Crippen LogP contribution in [0.2, 0.25) is 0 Å². The first kappa shape index (κ1) is 18.2. The van der Waals surface area contributed by atoms with E-state index in [0.717, 1.165) is 38.5 Å². The quantitative estimate of drug-likeness (QED) is 0.549. The maximum atomic E-state index is 8.57. The lowest BCUT2D eigenvalue weighted by Gasteiger charge is -1.86. The second-order valence-corrected chi connectivity index (χ2v) is 4.07. The van der Waals surface area contributed by atoms with Gasteiger partial charge in [0.05, 0.1) is 0 Å². The lowest BCUT2D eigenvalue weighted by molar-refractivity contribution is 0.285. The average Bonchev–Trinajstić information content (AvgIpc) is 2.47. The van der Waals surface area contributed by atoms with Crippen LogP contribution < -0.4 is 0 Å². The van der Waals surface area contributed by atoms with Gasteiger partial charge in [0.2, 0.25) is 0 Å². The number of hydrogen-bond donors (Lipinski definition) is 2. The Morgan fingerprint density at radius 3 is 1.15 bits per heavy atom. The van der Waals surface area contributed by atoms with Gasteiger partial charge in [0, 0.05) is 38.9 Å². The van der Waals surface area contributed by atoms with Crippen LogP contribution >= 0.6 is 0 Å². The standard InChI is InChI=1S/C18H22O2/c19-17-15-13-11-9-7-5-3-1-2-4-6-8-10-12-14-16-18-20/h19-20H,1-2,11-18H2. The van der Waals surface area contributed by atoms with Gasteiger partial charge in [-0.3, -0.25) is 0 Å². The Balaban J connectivity index is 3.56. The van der Waals surface area contributed by atoms with Gasteiger partial charge in [0.1, 0.15) is 0 Å². The molecular weight excluding hydrogens is 248 g/mol. The van der Waals surface area contributed by atoms with Gasteiger partial charge in [-0.05, 0) is 49.4 Å². The second kappa shape index (κ2) is 17.2. The monoisotopic (exact) mass is 270 g/mol. The number of aliphatic hydroxyl groups excluding tert-OH is 2. The van der Waals surface area contributed by atoms with Crippen molar-refractivity contribution < 1.29 is 10.2 Å². The van der Waals surface area contributed by atoms with E-state index < -0.39 is 0 Å². The Bertz CT molecular complexity index is 414. The third-order valence-electron chi connectivity index (χ3n) is 2.27. The first-order valence-electron chi connectivity index (χ1n) is 7.05. The zero-order valence-electron chi connectivity index (χ0n) is 12.0. The second-order valence-electron chi connectivity index (χ2n) is 4.07. The highest BCUT2D eigenvalue weighted by Crippen LogP contribution is 1.91. The summed E-state index contributed by atoms with van der Waals surface area (Å²) in [6.07, 6.45) is 6.47. The molecule has 0 aliphatic rings. The SMILES string of the molecule is OCCCCC#CC#CCCC#CC#CCCCCO. The molecule has 0 heterocycles. The largest absolute Gasteiger partial charge is 0.396 e. The van der Waals surface area contributed by atoms with Gasteiger partial charge in [-0.2, -0.15) is 0 Å². The predicted octanol–water partition coefficient (Wildman–Crippen LogP) is 2.11. The highest BCUT2D eigenvalue weighted by Gasteiger charge is 1.81. The zero-order valence-corrected chi connectivity index (χ0v) is 12.0. The summed E-state index contributed by atoms with van der Waals surface area (Å²) >= 11 is 0. The molecule has 0 saturated heterocycles. The topological polar surface area (TPSA) is 40.5 Å². The predicted molar refractivity (Wildman–Crippen MR) is 82.2 cm³/mol. The van der Waals surface area contributed by atoms with E-state index in [1.54, 1.807) is 0 Å². The number of unbranched alkanes of at least 4 members (excludes halogenated alkanes) is 5. The molecule has 0 fully saturated rings. The molecule has 0 saturated carbocycles. The van der Waals surface area contributed by atoms with Crippen molar-refractivity contribution in [2.24, 2.45) is 0 Å². The normalized spacial score (nSPS) is 7.90. The summed E-state index contributed by atoms with van der Waals surface area (Å²) in [6, 6.07) is 0. The molecule has 0 spiro atoms. The molecule has 0 rings (SSSR count). The van der Waals surface area contributed by atoms with Crippen LogP contribution in [0.25, 0.3) is 0 Å². The maximum absolute atomic E-state index is 8.57. The molecule has 0 aromatic heterocycles. The van der Waals surface area contributed by atoms with Gasteiger partial charge in [0.15, 0.2) is 0 Å². The molecule has 2 heteroatoms. The Morgan fingerprint density at radius 2 is 0.800 bits per heavy atom. The van der Waals surface area contributed by atoms with Crippen molar-refractivity contribution in [3.05, 3.63) is 0 Å². The highest BCUT2D eigenvalue weighted by molar-refractivity contribution is 5.28. The first-order valence-corrected chi connectivity index (χ1v) is 7.05. The summed E-state index contributed by atoms with van der Waals surface area (Å²) in [5.74, 6) is 22.9. The molecule has 0 unspecified atom stereocenters. The molecule has 0 amide bonds. The third kappa shape index (κ3) is 16.2. The molecule has 0 aliphatic heterocycles. The van der Waals surface area contributed by atoms with E-state index in [-0.39, 0.29) is 13.2 Å². The van der Waals surface area contributed by atoms with Crippen molar-refractivity contribution in [2.45, 2.75) is 51.4 Å². The van der Waals surface area contributed by atoms with Crippen LogP contribution in [0.4, 0.5) is 0 Å². The Morgan fingerprint density at radius 1 is 0.450 bits per heavy atom. The van der Waals surface area contributed by atoms with Crippen molar-refractivity contribution in [1.82, 2.24) is 0 Å². The summed E-state index contributed by atoms with van der Waals surface area (Å²) < 4.78 is 0. The molecule has 0 bridgehead atoms. The zero-order chi connectivity index (χ0) is 14.7. The van der Waals surface area contributed by atoms with Crippen molar-refractivity contribution in [3.63, 3.8) is 0 Å². The lowest BCUT2D eigenvalue weighted by Crippen LogP contribution is -1.80. The van der Waals surface area contributed by atoms with E-state index in [1.807, 2.05) is 0 Å². The molecule has 20 heavy (non-hydrogen) atoms. The molecular formula is C18H22O2. The Kier molecular flexibility index (Phi) is 15.6. The number of rotatable bonds is 7. The molecule has 2 N–H and O–H groups in total. The van der Waals surface area contributed by atoms with Gasteiger partial charge < -0.3 is 10.2 Å². The molecule has 0 aliphatic carbocycles. The van der Waals surface area contributed by atoms with Gasteiger partial charge in [0.25, 0.3) is 0 Å². The van der Waals surface area contributed by atoms with E-state index in [2.05, 4.69) is 47.4 Å². The van der Waals surface area contributed by atoms with Crippen molar-refractivity contribution >= 4 is 0 Å². The maximum Gasteiger partial charge on any atom is 0.0431 e. The van der Waals surface area contributed by atoms with Crippen molar-refractivity contribution in [1.29, 1.82) is 0 Å². The molecule has 106 valence electrons. The molecule has 2 nitrogen and oxygen atoms in total. The smallest absolute Gasteiger partial charge is 0.0431 e. The average molecular weight is 270 g/mol. The van der Waals surface area contributed by atoms with Crippen LogP contribution in [0.5, 0.6) is 0 Å². The Hall–Kier alpha value is -1.84. The summed E-state index contributed by atoms with van der Waals surface area (Å²) in [6.45, 7) is 0.465. The van der Waals surface area contributed by atoms with E-state index in [1.165, 1.54) is 0 Å². The lowest BCUT2D eigenvalue weighted by atomic mass is 10.2. The minimum Gasteiger partial charge on any atom is -0.396 e. The molecule has 0 aromatic rings. The highest BCUT2D eigenvalue weighted by atomic mass is 16.3. The van der Waals surface area contributed by atoms with Crippen LogP contribution in [-0.4, -0.2) is 23.4 Å². The van der Waals surface area contributed by atoms with Crippen LogP contribution in [-0.2, 0) is 0 Å². The molecule has 0 radical (unpaired) electrons. The van der Waals surface area contributed by atoms with E-state index in [4.69, 9.17) is 10.2 Å². The molecule has 0 aromatic carbocycles. The number of aliphatic hydroxyl groups is 2. The van der Waals surface area contributed by atoms with Crippen LogP contribution in [0.1, 0.15) is 51.4 Å². The van der Waals surface area contributed by atoms with Gasteiger partial charge in [-0.25, -0.2) is 0 Å². The van der Waals surface area contributed by atoms with Crippen LogP contribution in [0.3, 0.4) is 0 Å². The van der Waals surface area contributed by atoms with Gasteiger partial charge in [-0.15, -0.1) is 0 Å². The fourth-order valence-corrected chi connectivity index (χ4v) is 1.20. The third-order valence-corrected chi connectivity index (χ3v) is 2.27. The van der Waals surface area contributed by atoms with E-state index in [9.17, 15) is 0 Å². The Labute approximate surface area is 123 Å². The van der Waals surface area contributed by atoms with E-state index >= 15 is 0 Å². The van der Waals surface area contributed by atoms with Crippen LogP contribution in [0, 0.1) is 47.4 Å². The fraction of sp³-hybridized carbons (Fsp3) is 0.556. The van der Waals surface area contributed by atoms with E-state index in [0.29, 0.717) is 12.8 Å². The van der Waals surface area contributed by atoms with Crippen molar-refractivity contribution in [3.8, 4) is 47.4 Å².